The Bertz CT molecular complexity index is 442. The maximum absolute atomic E-state index is 13.2. The van der Waals surface area contributed by atoms with Crippen LogP contribution in [0.4, 0.5) is 4.39 Å². The summed E-state index contributed by atoms with van der Waals surface area (Å²) in [5.41, 5.74) is 7.25. The van der Waals surface area contributed by atoms with Gasteiger partial charge in [-0.05, 0) is 44.9 Å². The SMILES string of the molecule is CC(C)(C)N1CCC(N)C1c1ccc(F)c(Cl)c1. The van der Waals surface area contributed by atoms with Crippen LogP contribution in [0.3, 0.4) is 0 Å². The summed E-state index contributed by atoms with van der Waals surface area (Å²) in [5.74, 6) is -0.380. The molecule has 0 saturated carbocycles. The fourth-order valence-electron chi connectivity index (χ4n) is 2.69. The lowest BCUT2D eigenvalue weighted by Crippen LogP contribution is -2.43. The normalized spacial score (nSPS) is 25.7. The Labute approximate surface area is 113 Å². The van der Waals surface area contributed by atoms with E-state index in [1.54, 1.807) is 12.1 Å². The lowest BCUT2D eigenvalue weighted by Gasteiger charge is -2.38. The lowest BCUT2D eigenvalue weighted by molar-refractivity contribution is 0.117. The summed E-state index contributed by atoms with van der Waals surface area (Å²) in [6.45, 7) is 7.47. The molecule has 1 heterocycles. The standard InChI is InChI=1S/C14H20ClFN2/c1-14(2,3)18-7-6-12(17)13(18)9-4-5-11(16)10(15)8-9/h4-5,8,12-13H,6-7,17H2,1-3H3. The van der Waals surface area contributed by atoms with Crippen LogP contribution in [0, 0.1) is 5.82 Å². The largest absolute Gasteiger partial charge is 0.326 e. The van der Waals surface area contributed by atoms with Crippen LogP contribution < -0.4 is 5.73 Å². The number of nitrogens with two attached hydrogens (primary N) is 1. The highest BCUT2D eigenvalue weighted by atomic mass is 35.5. The van der Waals surface area contributed by atoms with Crippen LogP contribution in [-0.2, 0) is 0 Å². The van der Waals surface area contributed by atoms with E-state index in [9.17, 15) is 4.39 Å². The van der Waals surface area contributed by atoms with Gasteiger partial charge >= 0.3 is 0 Å². The van der Waals surface area contributed by atoms with E-state index in [-0.39, 0.29) is 28.5 Å². The third-order valence-corrected chi connectivity index (χ3v) is 3.88. The summed E-state index contributed by atoms with van der Waals surface area (Å²) in [7, 11) is 0. The van der Waals surface area contributed by atoms with Gasteiger partial charge in [0.1, 0.15) is 5.82 Å². The molecule has 2 atom stereocenters. The Balaban J connectivity index is 2.37. The van der Waals surface area contributed by atoms with Crippen molar-refractivity contribution in [3.05, 3.63) is 34.6 Å². The Kier molecular flexibility index (Phi) is 3.67. The minimum absolute atomic E-state index is 0.0413. The number of likely N-dealkylation sites (tertiary alicyclic amines) is 1. The van der Waals surface area contributed by atoms with Gasteiger partial charge in [0.25, 0.3) is 0 Å². The van der Waals surface area contributed by atoms with E-state index in [0.717, 1.165) is 18.5 Å². The van der Waals surface area contributed by atoms with Crippen LogP contribution in [-0.4, -0.2) is 23.0 Å². The van der Waals surface area contributed by atoms with Crippen molar-refractivity contribution in [1.82, 2.24) is 4.90 Å². The van der Waals surface area contributed by atoms with Gasteiger partial charge in [-0.15, -0.1) is 0 Å². The first-order valence-corrected chi connectivity index (χ1v) is 6.66. The highest BCUT2D eigenvalue weighted by molar-refractivity contribution is 6.30. The Hall–Kier alpha value is -0.640. The number of benzene rings is 1. The van der Waals surface area contributed by atoms with Gasteiger partial charge in [-0.2, -0.15) is 0 Å². The van der Waals surface area contributed by atoms with E-state index in [4.69, 9.17) is 17.3 Å². The summed E-state index contributed by atoms with van der Waals surface area (Å²) < 4.78 is 13.2. The first kappa shape index (κ1) is 13.8. The van der Waals surface area contributed by atoms with Crippen molar-refractivity contribution in [3.63, 3.8) is 0 Å². The topological polar surface area (TPSA) is 29.3 Å². The predicted molar refractivity (Wildman–Crippen MR) is 73.2 cm³/mol. The molecular formula is C14H20ClFN2. The van der Waals surface area contributed by atoms with Crippen molar-refractivity contribution >= 4 is 11.6 Å². The summed E-state index contributed by atoms with van der Waals surface area (Å²) in [4.78, 5) is 2.36. The molecule has 2 unspecified atom stereocenters. The van der Waals surface area contributed by atoms with Crippen LogP contribution in [0.15, 0.2) is 18.2 Å². The third kappa shape index (κ3) is 2.53. The molecule has 2 rings (SSSR count). The van der Waals surface area contributed by atoms with E-state index in [2.05, 4.69) is 25.7 Å². The second kappa shape index (κ2) is 4.80. The first-order valence-electron chi connectivity index (χ1n) is 6.28. The third-order valence-electron chi connectivity index (χ3n) is 3.59. The molecule has 2 N–H and O–H groups in total. The second-order valence-electron chi connectivity index (χ2n) is 5.94. The van der Waals surface area contributed by atoms with Crippen molar-refractivity contribution in [2.24, 2.45) is 5.73 Å². The van der Waals surface area contributed by atoms with Gasteiger partial charge in [-0.1, -0.05) is 17.7 Å². The van der Waals surface area contributed by atoms with Crippen molar-refractivity contribution in [2.45, 2.75) is 44.8 Å². The Morgan fingerprint density at radius 3 is 2.61 bits per heavy atom. The zero-order valence-electron chi connectivity index (χ0n) is 11.1. The van der Waals surface area contributed by atoms with Gasteiger partial charge in [-0.25, -0.2) is 4.39 Å². The van der Waals surface area contributed by atoms with Crippen LogP contribution in [0.5, 0.6) is 0 Å². The number of hydrogen-bond acceptors (Lipinski definition) is 2. The van der Waals surface area contributed by atoms with E-state index < -0.39 is 0 Å². The highest BCUT2D eigenvalue weighted by Gasteiger charge is 2.38. The fourth-order valence-corrected chi connectivity index (χ4v) is 2.88. The van der Waals surface area contributed by atoms with E-state index in [0.29, 0.717) is 0 Å². The summed E-state index contributed by atoms with van der Waals surface area (Å²) >= 11 is 5.87. The Morgan fingerprint density at radius 1 is 1.39 bits per heavy atom. The number of nitrogens with zero attached hydrogens (tertiary/aromatic N) is 1. The monoisotopic (exact) mass is 270 g/mol. The number of hydrogen-bond donors (Lipinski definition) is 1. The quantitative estimate of drug-likeness (QED) is 0.848. The zero-order chi connectivity index (χ0) is 13.5. The smallest absolute Gasteiger partial charge is 0.141 e. The fraction of sp³-hybridized carbons (Fsp3) is 0.571. The van der Waals surface area contributed by atoms with E-state index >= 15 is 0 Å². The molecule has 1 saturated heterocycles. The predicted octanol–water partition coefficient (Wildman–Crippen LogP) is 3.35. The highest BCUT2D eigenvalue weighted by Crippen LogP contribution is 2.37. The van der Waals surface area contributed by atoms with E-state index in [1.165, 1.54) is 6.07 Å². The maximum atomic E-state index is 13.2. The molecule has 0 aromatic heterocycles. The first-order chi connectivity index (χ1) is 8.30. The summed E-state index contributed by atoms with van der Waals surface area (Å²) in [6.07, 6.45) is 0.955. The molecule has 1 aromatic rings. The van der Waals surface area contributed by atoms with Crippen molar-refractivity contribution in [1.29, 1.82) is 0 Å². The Morgan fingerprint density at radius 2 is 2.06 bits per heavy atom. The van der Waals surface area contributed by atoms with Crippen LogP contribution >= 0.6 is 11.6 Å². The molecule has 18 heavy (non-hydrogen) atoms. The van der Waals surface area contributed by atoms with Gasteiger partial charge < -0.3 is 5.73 Å². The molecule has 2 nitrogen and oxygen atoms in total. The summed E-state index contributed by atoms with van der Waals surface area (Å²) in [6, 6.07) is 5.10. The molecule has 1 aromatic carbocycles. The summed E-state index contributed by atoms with van der Waals surface area (Å²) in [5, 5.41) is 0.167. The van der Waals surface area contributed by atoms with Crippen molar-refractivity contribution in [3.8, 4) is 0 Å². The van der Waals surface area contributed by atoms with Gasteiger partial charge in [0, 0.05) is 18.1 Å². The van der Waals surface area contributed by atoms with Crippen molar-refractivity contribution in [2.75, 3.05) is 6.54 Å². The molecule has 100 valence electrons. The van der Waals surface area contributed by atoms with Gasteiger partial charge in [0.15, 0.2) is 0 Å². The van der Waals surface area contributed by atoms with Crippen LogP contribution in [0.2, 0.25) is 5.02 Å². The average molecular weight is 271 g/mol. The van der Waals surface area contributed by atoms with E-state index in [1.807, 2.05) is 0 Å². The van der Waals surface area contributed by atoms with Gasteiger partial charge in [0.05, 0.1) is 11.1 Å². The van der Waals surface area contributed by atoms with Gasteiger partial charge in [-0.3, -0.25) is 4.90 Å². The van der Waals surface area contributed by atoms with Gasteiger partial charge in [0.2, 0.25) is 0 Å². The van der Waals surface area contributed by atoms with Crippen LogP contribution in [0.1, 0.15) is 38.8 Å². The molecule has 0 amide bonds. The molecular weight excluding hydrogens is 251 g/mol. The van der Waals surface area contributed by atoms with Crippen LogP contribution in [0.25, 0.3) is 0 Å². The minimum atomic E-state index is -0.380. The molecule has 0 aliphatic carbocycles. The minimum Gasteiger partial charge on any atom is -0.326 e. The second-order valence-corrected chi connectivity index (χ2v) is 6.34. The molecule has 0 radical (unpaired) electrons. The average Bonchev–Trinajstić information content (AvgIpc) is 2.64. The van der Waals surface area contributed by atoms with Crippen molar-refractivity contribution < 1.29 is 4.39 Å². The number of halogens is 2. The molecule has 0 spiro atoms. The maximum Gasteiger partial charge on any atom is 0.141 e. The molecule has 0 bridgehead atoms. The molecule has 4 heteroatoms. The molecule has 1 aliphatic rings. The molecule has 1 fully saturated rings. The number of rotatable bonds is 1. The lowest BCUT2D eigenvalue weighted by atomic mass is 9.97. The zero-order valence-corrected chi connectivity index (χ0v) is 11.8. The molecule has 1 aliphatic heterocycles.